The normalized spacial score (nSPS) is 22.2. The Kier molecular flexibility index (Phi) is 18.5. The van der Waals surface area contributed by atoms with Crippen LogP contribution in [0.25, 0.3) is 26.7 Å². The smallest absolute Gasteiger partial charge is 0.351 e. The Morgan fingerprint density at radius 3 is 1.54 bits per heavy atom. The summed E-state index contributed by atoms with van der Waals surface area (Å²) in [6.07, 6.45) is -1.01. The first-order chi connectivity index (χ1) is 38.0. The Balaban J connectivity index is 0.000000207. The third-order valence-electron chi connectivity index (χ3n) is 12.2. The molecule has 26 nitrogen and oxygen atoms in total. The van der Waals surface area contributed by atoms with E-state index in [4.69, 9.17) is 38.5 Å². The largest absolute Gasteiger partial charge is 0.452 e. The first-order valence-electron chi connectivity index (χ1n) is 24.4. The van der Waals surface area contributed by atoms with E-state index < -0.39 is 77.2 Å². The predicted molar refractivity (Wildman–Crippen MR) is 272 cm³/mol. The molecule has 2 aliphatic rings. The molecule has 0 saturated carbocycles. The van der Waals surface area contributed by atoms with Crippen molar-refractivity contribution >= 4 is 11.9 Å². The van der Waals surface area contributed by atoms with Gasteiger partial charge in [0, 0.05) is 28.3 Å². The van der Waals surface area contributed by atoms with Gasteiger partial charge in [0.25, 0.3) is 5.56 Å². The minimum absolute atomic E-state index is 0.0340. The van der Waals surface area contributed by atoms with Gasteiger partial charge in [-0.15, -0.1) is 0 Å². The van der Waals surface area contributed by atoms with Gasteiger partial charge in [0.2, 0.25) is 0 Å². The lowest BCUT2D eigenvalue weighted by Crippen LogP contribution is -2.46. The maximum Gasteiger partial charge on any atom is 0.351 e. The topological polar surface area (TPSA) is 326 Å². The zero-order chi connectivity index (χ0) is 54.9. The monoisotopic (exact) mass is 1070 g/mol. The molecule has 2 aliphatic heterocycles. The van der Waals surface area contributed by atoms with Gasteiger partial charge < -0.3 is 18.9 Å². The molecular weight excluding hydrogens is 1010 g/mol. The Morgan fingerprint density at radius 2 is 1.12 bits per heavy atom. The number of carbonyl (C=O) groups is 2. The number of hydrogen-bond donors (Lipinski definition) is 1. The van der Waals surface area contributed by atoms with Crippen molar-refractivity contribution in [3.8, 4) is 5.82 Å². The molecule has 78 heavy (non-hydrogen) atoms. The van der Waals surface area contributed by atoms with Crippen LogP contribution < -0.4 is 16.9 Å². The number of hydrogen-bond acceptors (Lipinski definition) is 18. The van der Waals surface area contributed by atoms with Gasteiger partial charge in [-0.3, -0.25) is 18.9 Å². The van der Waals surface area contributed by atoms with Crippen molar-refractivity contribution in [1.82, 2.24) is 33.9 Å². The number of benzene rings is 4. The van der Waals surface area contributed by atoms with Crippen LogP contribution in [0.3, 0.4) is 0 Å². The summed E-state index contributed by atoms with van der Waals surface area (Å²) in [4.78, 5) is 103. The van der Waals surface area contributed by atoms with E-state index in [2.05, 4.69) is 40.1 Å². The van der Waals surface area contributed by atoms with Crippen molar-refractivity contribution < 1.29 is 48.1 Å². The number of nitrogens with one attached hydrogen (secondary N) is 1. The molecule has 402 valence electrons. The predicted octanol–water partition coefficient (Wildman–Crippen LogP) is 7.52. The van der Waals surface area contributed by atoms with E-state index in [1.165, 1.54) is 35.8 Å². The van der Waals surface area contributed by atoms with Crippen LogP contribution in [0.1, 0.15) is 83.8 Å². The molecule has 5 heterocycles. The molecule has 2 saturated heterocycles. The van der Waals surface area contributed by atoms with Gasteiger partial charge in [0.1, 0.15) is 25.9 Å². The molecule has 0 spiro atoms. The summed E-state index contributed by atoms with van der Waals surface area (Å²) in [5.41, 5.74) is 15.5. The lowest BCUT2D eigenvalue weighted by atomic mass is 9.99. The van der Waals surface area contributed by atoms with E-state index in [1.54, 1.807) is 60.7 Å². The number of aromatic nitrogens is 7. The van der Waals surface area contributed by atoms with Crippen LogP contribution in [0, 0.1) is 0 Å². The van der Waals surface area contributed by atoms with Crippen LogP contribution in [0.4, 0.5) is 0 Å². The van der Waals surface area contributed by atoms with Crippen LogP contribution >= 0.6 is 0 Å². The Morgan fingerprint density at radius 1 is 0.654 bits per heavy atom. The van der Waals surface area contributed by atoms with E-state index in [0.717, 1.165) is 26.3 Å². The van der Waals surface area contributed by atoms with E-state index in [9.17, 15) is 35.0 Å². The number of H-pyrrole nitrogens is 1. The Labute approximate surface area is 442 Å². The SMILES string of the molecule is CCC[C@@]1(N=[N+]=[N-])O[C@@H](n2ccc(-n3cncn3)nc2=O)[C@H](OOCc2ccccc2)[C@@H]1OC(=O)c1ccccc1.CCC[C@@]1(N=[N+]=[N-])O[C@@H](n2ccc(=O)[nH]c2=O)[C@H](OOCc2ccccc2)[C@@H]1OC(=O)c1ccccc1. The number of ether oxygens (including phenoxy) is 4. The number of carbonyl (C=O) groups excluding carboxylic acids is 2. The quantitative estimate of drug-likeness (QED) is 0.0182. The Hall–Kier alpha value is -9.10. The van der Waals surface area contributed by atoms with Gasteiger partial charge in [-0.1, -0.05) is 134 Å². The number of aromatic amines is 1. The minimum Gasteiger partial charge on any atom is -0.452 e. The summed E-state index contributed by atoms with van der Waals surface area (Å²) in [7, 11) is 0. The highest BCUT2D eigenvalue weighted by Gasteiger charge is 2.61. The lowest BCUT2D eigenvalue weighted by molar-refractivity contribution is -0.352. The highest BCUT2D eigenvalue weighted by molar-refractivity contribution is 5.90. The van der Waals surface area contributed by atoms with Crippen molar-refractivity contribution in [3.63, 3.8) is 0 Å². The van der Waals surface area contributed by atoms with Gasteiger partial charge in [0.15, 0.2) is 54.1 Å². The first kappa shape index (κ1) is 55.1. The van der Waals surface area contributed by atoms with Crippen LogP contribution in [0.2, 0.25) is 0 Å². The van der Waals surface area contributed by atoms with Crippen LogP contribution in [0.5, 0.6) is 0 Å². The zero-order valence-electron chi connectivity index (χ0n) is 41.9. The zero-order valence-corrected chi connectivity index (χ0v) is 41.9. The molecular formula is C52H51N13O13. The third kappa shape index (κ3) is 12.9. The van der Waals surface area contributed by atoms with Gasteiger partial charge in [-0.25, -0.2) is 48.4 Å². The first-order valence-corrected chi connectivity index (χ1v) is 24.4. The van der Waals surface area contributed by atoms with Crippen LogP contribution in [0.15, 0.2) is 183 Å². The molecule has 2 fully saturated rings. The summed E-state index contributed by atoms with van der Waals surface area (Å²) in [5.74, 6) is -1.19. The maximum absolute atomic E-state index is 13.2. The van der Waals surface area contributed by atoms with Gasteiger partial charge >= 0.3 is 23.3 Å². The molecule has 0 amide bonds. The lowest BCUT2D eigenvalue weighted by Gasteiger charge is -2.29. The fraction of sp³-hybridized carbons (Fsp3) is 0.308. The summed E-state index contributed by atoms with van der Waals surface area (Å²) in [6, 6.07) is 37.6. The molecule has 3 aromatic heterocycles. The molecule has 7 aromatic rings. The number of azide groups is 2. The second-order valence-corrected chi connectivity index (χ2v) is 17.4. The second-order valence-electron chi connectivity index (χ2n) is 17.4. The number of esters is 2. The Bertz CT molecular complexity index is 3380. The van der Waals surface area contributed by atoms with Crippen molar-refractivity contribution in [2.24, 2.45) is 10.2 Å². The molecule has 0 bridgehead atoms. The molecule has 0 radical (unpaired) electrons. The van der Waals surface area contributed by atoms with E-state index in [1.807, 2.05) is 74.5 Å². The van der Waals surface area contributed by atoms with Gasteiger partial charge in [-0.2, -0.15) is 10.1 Å². The van der Waals surface area contributed by atoms with Crippen LogP contribution in [-0.2, 0) is 51.7 Å². The summed E-state index contributed by atoms with van der Waals surface area (Å²) in [6.45, 7) is 3.76. The third-order valence-corrected chi connectivity index (χ3v) is 12.2. The van der Waals surface area contributed by atoms with E-state index in [-0.39, 0.29) is 43.0 Å². The number of rotatable bonds is 21. The molecule has 0 aliphatic carbocycles. The fourth-order valence-electron chi connectivity index (χ4n) is 8.68. The molecule has 9 rings (SSSR count). The highest BCUT2D eigenvalue weighted by atomic mass is 17.2. The van der Waals surface area contributed by atoms with Crippen molar-refractivity contribution in [3.05, 3.63) is 233 Å². The average Bonchev–Trinajstić information content (AvgIpc) is 4.39. The maximum atomic E-state index is 13.2. The van der Waals surface area contributed by atoms with Crippen molar-refractivity contribution in [1.29, 1.82) is 0 Å². The summed E-state index contributed by atoms with van der Waals surface area (Å²) >= 11 is 0. The van der Waals surface area contributed by atoms with Gasteiger partial charge in [-0.05, 0) is 65.4 Å². The van der Waals surface area contributed by atoms with Crippen molar-refractivity contribution in [2.45, 2.75) is 101 Å². The minimum atomic E-state index is -1.73. The average molecular weight is 1070 g/mol. The summed E-state index contributed by atoms with van der Waals surface area (Å²) in [5, 5.41) is 11.8. The van der Waals surface area contributed by atoms with Crippen molar-refractivity contribution in [2.75, 3.05) is 0 Å². The van der Waals surface area contributed by atoms with Gasteiger partial charge in [0.05, 0.1) is 11.1 Å². The molecule has 0 unspecified atom stereocenters. The molecule has 26 heteroatoms. The molecule has 8 atom stereocenters. The summed E-state index contributed by atoms with van der Waals surface area (Å²) < 4.78 is 27.7. The number of nitrogens with zero attached hydrogens (tertiary/aromatic N) is 12. The second kappa shape index (κ2) is 26.1. The van der Waals surface area contributed by atoms with Crippen LogP contribution in [-0.4, -0.2) is 81.7 Å². The van der Waals surface area contributed by atoms with E-state index in [0.29, 0.717) is 12.8 Å². The molecule has 1 N–H and O–H groups in total. The fourth-order valence-corrected chi connectivity index (χ4v) is 8.68. The highest BCUT2D eigenvalue weighted by Crippen LogP contribution is 2.46. The van der Waals surface area contributed by atoms with E-state index >= 15 is 0 Å². The standard InChI is InChI=1S/C27H26N8O6.C25H25N5O7/c1-2-14-27(32-33-28)23(39-25(36)20-11-7-4-8-12-20)22(41-38-16-19-9-5-3-6-10-19)24(40-27)34-15-13-21(31-26(34)37)35-18-29-17-30-35;1-2-14-25(28-29-26)21(35-23(32)18-11-7-4-8-12-18)20(37-34-16-17-9-5-3-6-10-17)22(36-25)30-15-13-19(31)27-24(30)33/h3-13,15,17-18,22-24H,2,14,16H2,1H3;3-13,15,20-22H,2,14,16H2,1H3,(H,27,31,33)/t22-,23+,24-,27-;20-,21+,22-,25-/m11/s1. The molecule has 4 aromatic carbocycles.